The summed E-state index contributed by atoms with van der Waals surface area (Å²) in [4.78, 5) is 40.4. The van der Waals surface area contributed by atoms with Crippen LogP contribution in [0.1, 0.15) is 43.4 Å². The van der Waals surface area contributed by atoms with Crippen LogP contribution in [0.3, 0.4) is 0 Å². The van der Waals surface area contributed by atoms with Crippen LogP contribution in [0, 0.1) is 5.92 Å². The van der Waals surface area contributed by atoms with Gasteiger partial charge in [0.1, 0.15) is 0 Å². The molecule has 3 rings (SSSR count). The fourth-order valence-corrected chi connectivity index (χ4v) is 3.51. The lowest BCUT2D eigenvalue weighted by atomic mass is 9.91. The lowest BCUT2D eigenvalue weighted by Crippen LogP contribution is -2.22. The zero-order valence-electron chi connectivity index (χ0n) is 16.5. The Balaban J connectivity index is 2.10. The molecule has 0 aliphatic carbocycles. The zero-order valence-corrected chi connectivity index (χ0v) is 16.5. The summed E-state index contributed by atoms with van der Waals surface area (Å²) in [6.07, 6.45) is 3.29. The molecule has 2 bridgehead atoms. The van der Waals surface area contributed by atoms with E-state index in [-0.39, 0.29) is 24.2 Å². The van der Waals surface area contributed by atoms with Crippen molar-refractivity contribution >= 4 is 23.5 Å². The maximum Gasteiger partial charge on any atom is 0.312 e. The lowest BCUT2D eigenvalue weighted by molar-refractivity contribution is -0.140. The van der Waals surface area contributed by atoms with Crippen molar-refractivity contribution < 1.29 is 24.2 Å². The normalized spacial score (nSPS) is 19.2. The predicted molar refractivity (Wildman–Crippen MR) is 107 cm³/mol. The second-order valence-corrected chi connectivity index (χ2v) is 7.31. The molecule has 0 spiro atoms. The van der Waals surface area contributed by atoms with Gasteiger partial charge in [-0.2, -0.15) is 0 Å². The fraction of sp³-hybridized carbons (Fsp3) is 0.364. The summed E-state index contributed by atoms with van der Waals surface area (Å²) in [6.45, 7) is 1.83. The second-order valence-electron chi connectivity index (χ2n) is 7.31. The predicted octanol–water partition coefficient (Wildman–Crippen LogP) is 3.39. The number of nitrogens with one attached hydrogen (secondary N) is 1. The SMILES string of the molecule is COC(=O)Cc1ccc2c(c1)NC(=O)C(C)CCCC(C(=O)O)c1cc-2ccn1. The number of esters is 1. The molecule has 2 atom stereocenters. The molecular formula is C22H24N2O5. The van der Waals surface area contributed by atoms with E-state index in [1.54, 1.807) is 30.5 Å². The van der Waals surface area contributed by atoms with Crippen LogP contribution in [-0.2, 0) is 25.5 Å². The van der Waals surface area contributed by atoms with Gasteiger partial charge in [-0.3, -0.25) is 19.4 Å². The van der Waals surface area contributed by atoms with E-state index in [1.165, 1.54) is 7.11 Å². The maximum absolute atomic E-state index is 12.7. The number of ether oxygens (including phenoxy) is 1. The average Bonchev–Trinajstić information content (AvgIpc) is 2.70. The number of methoxy groups -OCH3 is 1. The van der Waals surface area contributed by atoms with Crippen molar-refractivity contribution in [2.24, 2.45) is 5.92 Å². The Kier molecular flexibility index (Phi) is 6.26. The van der Waals surface area contributed by atoms with Gasteiger partial charge in [0.2, 0.25) is 5.91 Å². The van der Waals surface area contributed by atoms with Crippen molar-refractivity contribution in [1.29, 1.82) is 0 Å². The van der Waals surface area contributed by atoms with Gasteiger partial charge in [0, 0.05) is 23.4 Å². The topological polar surface area (TPSA) is 106 Å². The molecule has 7 heteroatoms. The quantitative estimate of drug-likeness (QED) is 0.771. The molecule has 29 heavy (non-hydrogen) atoms. The molecule has 0 saturated heterocycles. The van der Waals surface area contributed by atoms with Gasteiger partial charge in [0.05, 0.1) is 25.1 Å². The Morgan fingerprint density at radius 1 is 1.24 bits per heavy atom. The Morgan fingerprint density at radius 3 is 2.76 bits per heavy atom. The molecule has 2 heterocycles. The molecule has 2 aromatic rings. The molecule has 152 valence electrons. The van der Waals surface area contributed by atoms with Crippen LogP contribution in [0.2, 0.25) is 0 Å². The number of carboxylic acid groups (broad SMARTS) is 1. The standard InChI is InChI=1S/C22H24N2O5/c1-13-4-3-5-17(22(27)28)18-12-15(8-9-23-18)16-7-6-14(11-20(25)29-2)10-19(16)24-21(13)26/h6-10,12-13,17H,3-5,11H2,1-2H3,(H,24,26)(H,27,28). The zero-order chi connectivity index (χ0) is 21.0. The smallest absolute Gasteiger partial charge is 0.312 e. The first kappa shape index (κ1) is 20.5. The number of aliphatic carboxylic acids is 1. The summed E-state index contributed by atoms with van der Waals surface area (Å²) in [5.74, 6) is -2.41. The summed E-state index contributed by atoms with van der Waals surface area (Å²) in [5.41, 5.74) is 3.29. The second kappa shape index (κ2) is 8.86. The summed E-state index contributed by atoms with van der Waals surface area (Å²) >= 11 is 0. The highest BCUT2D eigenvalue weighted by Crippen LogP contribution is 2.33. The maximum atomic E-state index is 12.7. The number of nitrogens with zero attached hydrogens (tertiary/aromatic N) is 1. The van der Waals surface area contributed by atoms with Gasteiger partial charge in [0.15, 0.2) is 0 Å². The lowest BCUT2D eigenvalue weighted by Gasteiger charge is -2.20. The van der Waals surface area contributed by atoms with Crippen LogP contribution in [0.5, 0.6) is 0 Å². The first-order chi connectivity index (χ1) is 13.9. The van der Waals surface area contributed by atoms with Crippen molar-refractivity contribution in [3.8, 4) is 11.1 Å². The van der Waals surface area contributed by atoms with Crippen molar-refractivity contribution in [1.82, 2.24) is 4.98 Å². The number of carboxylic acids is 1. The average molecular weight is 396 g/mol. The number of fused-ring (bicyclic) bond motifs is 4. The van der Waals surface area contributed by atoms with Gasteiger partial charge in [-0.05, 0) is 42.2 Å². The molecule has 1 amide bonds. The molecule has 1 aliphatic heterocycles. The van der Waals surface area contributed by atoms with Gasteiger partial charge < -0.3 is 15.2 Å². The summed E-state index contributed by atoms with van der Waals surface area (Å²) in [6, 6.07) is 8.92. The molecule has 1 aromatic heterocycles. The van der Waals surface area contributed by atoms with E-state index in [0.717, 1.165) is 11.1 Å². The third-order valence-electron chi connectivity index (χ3n) is 5.24. The van der Waals surface area contributed by atoms with Crippen molar-refractivity contribution in [2.45, 2.75) is 38.5 Å². The van der Waals surface area contributed by atoms with E-state index in [9.17, 15) is 19.5 Å². The number of hydrogen-bond donors (Lipinski definition) is 2. The van der Waals surface area contributed by atoms with Crippen molar-refractivity contribution in [2.75, 3.05) is 12.4 Å². The molecule has 0 fully saturated rings. The highest BCUT2D eigenvalue weighted by atomic mass is 16.5. The molecular weight excluding hydrogens is 372 g/mol. The van der Waals surface area contributed by atoms with Crippen LogP contribution in [-0.4, -0.2) is 35.0 Å². The highest BCUT2D eigenvalue weighted by molar-refractivity contribution is 5.97. The molecule has 7 nitrogen and oxygen atoms in total. The minimum Gasteiger partial charge on any atom is -0.481 e. The number of pyridine rings is 1. The van der Waals surface area contributed by atoms with E-state index in [0.29, 0.717) is 36.2 Å². The Bertz CT molecular complexity index is 941. The number of amides is 1. The minimum atomic E-state index is -0.919. The summed E-state index contributed by atoms with van der Waals surface area (Å²) < 4.78 is 4.73. The van der Waals surface area contributed by atoms with Crippen molar-refractivity contribution in [3.63, 3.8) is 0 Å². The Hall–Kier alpha value is -3.22. The van der Waals surface area contributed by atoms with Crippen LogP contribution in [0.25, 0.3) is 11.1 Å². The third kappa shape index (κ3) is 4.80. The number of benzene rings is 1. The van der Waals surface area contributed by atoms with Gasteiger partial charge in [-0.15, -0.1) is 0 Å². The minimum absolute atomic E-state index is 0.0951. The number of anilines is 1. The van der Waals surface area contributed by atoms with Gasteiger partial charge in [0.25, 0.3) is 0 Å². The van der Waals surface area contributed by atoms with Gasteiger partial charge >= 0.3 is 11.9 Å². The number of rotatable bonds is 3. The highest BCUT2D eigenvalue weighted by Gasteiger charge is 2.24. The summed E-state index contributed by atoms with van der Waals surface area (Å²) in [5, 5.41) is 12.6. The molecule has 0 radical (unpaired) electrons. The van der Waals surface area contributed by atoms with Gasteiger partial charge in [-0.25, -0.2) is 0 Å². The summed E-state index contributed by atoms with van der Waals surface area (Å²) in [7, 11) is 1.33. The first-order valence-corrected chi connectivity index (χ1v) is 9.58. The molecule has 1 aliphatic rings. The van der Waals surface area contributed by atoms with Gasteiger partial charge in [-0.1, -0.05) is 25.5 Å². The van der Waals surface area contributed by atoms with E-state index in [4.69, 9.17) is 4.74 Å². The third-order valence-corrected chi connectivity index (χ3v) is 5.24. The molecule has 1 aromatic carbocycles. The largest absolute Gasteiger partial charge is 0.481 e. The van der Waals surface area contributed by atoms with E-state index in [2.05, 4.69) is 10.3 Å². The monoisotopic (exact) mass is 396 g/mol. The van der Waals surface area contributed by atoms with Crippen LogP contribution in [0.4, 0.5) is 5.69 Å². The first-order valence-electron chi connectivity index (χ1n) is 9.58. The Morgan fingerprint density at radius 2 is 2.03 bits per heavy atom. The fourth-order valence-electron chi connectivity index (χ4n) is 3.51. The van der Waals surface area contributed by atoms with E-state index in [1.807, 2.05) is 13.0 Å². The van der Waals surface area contributed by atoms with Crippen LogP contribution in [0.15, 0.2) is 36.5 Å². The van der Waals surface area contributed by atoms with E-state index >= 15 is 0 Å². The van der Waals surface area contributed by atoms with Crippen LogP contribution < -0.4 is 5.32 Å². The number of carbonyl (C=O) groups is 3. The number of carbonyl (C=O) groups excluding carboxylic acids is 2. The molecule has 2 N–H and O–H groups in total. The van der Waals surface area contributed by atoms with E-state index < -0.39 is 11.9 Å². The Labute approximate surface area is 169 Å². The molecule has 0 saturated carbocycles. The van der Waals surface area contributed by atoms with Crippen LogP contribution >= 0.6 is 0 Å². The number of aromatic nitrogens is 1. The molecule has 2 unspecified atom stereocenters. The van der Waals surface area contributed by atoms with Crippen molar-refractivity contribution in [3.05, 3.63) is 47.8 Å². The number of hydrogen-bond acceptors (Lipinski definition) is 5.